The molecular weight excluding hydrogens is 504 g/mol. The number of amides is 1. The minimum atomic E-state index is -0.119. The number of hydrogen-bond acceptors (Lipinski definition) is 3. The highest BCUT2D eigenvalue weighted by Crippen LogP contribution is 2.57. The van der Waals surface area contributed by atoms with Crippen LogP contribution in [0.3, 0.4) is 0 Å². The highest BCUT2D eigenvalue weighted by molar-refractivity contribution is 6.27. The molecular formula is C34H37ClN2O2. The van der Waals surface area contributed by atoms with Crippen molar-refractivity contribution in [2.45, 2.75) is 75.9 Å². The molecule has 202 valence electrons. The molecule has 0 unspecified atom stereocenters. The van der Waals surface area contributed by atoms with E-state index >= 15 is 0 Å². The standard InChI is InChI=1S/C34H37ClN2O2/c1-3-10-39-28-9-6-26-15-31-30(29(26)16-28)11-21(2)37(32(38)20-35)33(31)25-4-7-27(8-5-25)36-34-17-22-12-23(18-34)14-24(13-22)19-34/h1,4-9,16,21-24,33,36H,10-15,17-20H2,2H3/t21-,22?,23?,24?,33-,34?/m0/s1. The predicted octanol–water partition coefficient (Wildman–Crippen LogP) is 6.99. The van der Waals surface area contributed by atoms with E-state index in [2.05, 4.69) is 54.6 Å². The smallest absolute Gasteiger partial charge is 0.238 e. The number of carbonyl (C=O) groups is 1. The number of benzene rings is 2. The Hall–Kier alpha value is -2.90. The SMILES string of the molecule is C#CCOc1ccc2c(c1)C1=C(C2)[C@H](c2ccc(NC34CC5CC(CC(C5)C3)C4)cc2)N(C(=O)CCl)[C@@H](C)C1. The Bertz CT molecular complexity index is 1340. The number of rotatable bonds is 6. The van der Waals surface area contributed by atoms with Gasteiger partial charge in [0, 0.05) is 17.3 Å². The normalized spacial score (nSPS) is 32.0. The molecule has 4 saturated carbocycles. The Morgan fingerprint density at radius 1 is 1.10 bits per heavy atom. The molecule has 5 heteroatoms. The summed E-state index contributed by atoms with van der Waals surface area (Å²) in [5.74, 6) is 6.06. The lowest BCUT2D eigenvalue weighted by atomic mass is 9.53. The number of alkyl halides is 1. The van der Waals surface area contributed by atoms with Gasteiger partial charge in [-0.3, -0.25) is 4.79 Å². The van der Waals surface area contributed by atoms with Crippen molar-refractivity contribution < 1.29 is 9.53 Å². The Labute approximate surface area is 237 Å². The van der Waals surface area contributed by atoms with Crippen molar-refractivity contribution in [1.29, 1.82) is 0 Å². The average Bonchev–Trinajstić information content (AvgIpc) is 3.27. The molecule has 1 aliphatic heterocycles. The molecule has 0 saturated heterocycles. The van der Waals surface area contributed by atoms with Gasteiger partial charge in [0.15, 0.2) is 0 Å². The van der Waals surface area contributed by atoms with E-state index in [1.165, 1.54) is 66.5 Å². The topological polar surface area (TPSA) is 41.6 Å². The first-order chi connectivity index (χ1) is 18.9. The Balaban J connectivity index is 1.20. The fraction of sp³-hybridized carbons (Fsp3) is 0.500. The summed E-state index contributed by atoms with van der Waals surface area (Å²) in [5.41, 5.74) is 7.79. The minimum Gasteiger partial charge on any atom is -0.481 e. The fourth-order valence-electron chi connectivity index (χ4n) is 9.15. The summed E-state index contributed by atoms with van der Waals surface area (Å²) < 4.78 is 5.74. The van der Waals surface area contributed by atoms with Crippen molar-refractivity contribution in [2.75, 3.05) is 17.8 Å². The van der Waals surface area contributed by atoms with E-state index in [0.29, 0.717) is 0 Å². The van der Waals surface area contributed by atoms with Gasteiger partial charge in [0.25, 0.3) is 0 Å². The average molecular weight is 541 g/mol. The van der Waals surface area contributed by atoms with Gasteiger partial charge in [-0.25, -0.2) is 0 Å². The molecule has 2 aromatic rings. The lowest BCUT2D eigenvalue weighted by Crippen LogP contribution is -2.54. The number of ether oxygens (including phenoxy) is 1. The van der Waals surface area contributed by atoms with Crippen molar-refractivity contribution in [3.8, 4) is 18.1 Å². The van der Waals surface area contributed by atoms with E-state index in [-0.39, 0.29) is 36.0 Å². The second kappa shape index (κ2) is 9.63. The lowest BCUT2D eigenvalue weighted by Gasteiger charge is -2.57. The van der Waals surface area contributed by atoms with Gasteiger partial charge < -0.3 is 15.0 Å². The monoisotopic (exact) mass is 540 g/mol. The van der Waals surface area contributed by atoms with E-state index < -0.39 is 0 Å². The number of terminal acetylenes is 1. The molecule has 0 aromatic heterocycles. The van der Waals surface area contributed by atoms with Crippen LogP contribution in [0.15, 0.2) is 48.0 Å². The molecule has 1 amide bonds. The zero-order valence-corrected chi connectivity index (χ0v) is 23.5. The van der Waals surface area contributed by atoms with Crippen LogP contribution < -0.4 is 10.1 Å². The van der Waals surface area contributed by atoms with E-state index in [1.54, 1.807) is 0 Å². The van der Waals surface area contributed by atoms with Gasteiger partial charge in [0.2, 0.25) is 5.91 Å². The number of carbonyl (C=O) groups excluding carboxylic acids is 1. The Kier molecular flexibility index (Phi) is 6.20. The number of halogens is 1. The first kappa shape index (κ1) is 25.1. The highest BCUT2D eigenvalue weighted by atomic mass is 35.5. The molecule has 1 heterocycles. The zero-order chi connectivity index (χ0) is 26.7. The van der Waals surface area contributed by atoms with Gasteiger partial charge in [0.05, 0.1) is 6.04 Å². The molecule has 2 atom stereocenters. The molecule has 39 heavy (non-hydrogen) atoms. The molecule has 2 aromatic carbocycles. The van der Waals surface area contributed by atoms with Crippen LogP contribution in [0, 0.1) is 30.1 Å². The number of anilines is 1. The van der Waals surface area contributed by atoms with E-state index in [9.17, 15) is 4.79 Å². The van der Waals surface area contributed by atoms with Crippen molar-refractivity contribution in [2.24, 2.45) is 17.8 Å². The number of hydrogen-bond donors (Lipinski definition) is 1. The number of nitrogens with zero attached hydrogens (tertiary/aromatic N) is 1. The maximum atomic E-state index is 13.2. The van der Waals surface area contributed by atoms with Crippen molar-refractivity contribution in [3.63, 3.8) is 0 Å². The van der Waals surface area contributed by atoms with Crippen LogP contribution in [0.4, 0.5) is 5.69 Å². The van der Waals surface area contributed by atoms with Gasteiger partial charge in [0.1, 0.15) is 18.2 Å². The van der Waals surface area contributed by atoms with E-state index in [4.69, 9.17) is 22.8 Å². The summed E-state index contributed by atoms with van der Waals surface area (Å²) in [6, 6.07) is 15.1. The summed E-state index contributed by atoms with van der Waals surface area (Å²) in [5, 5.41) is 4.01. The van der Waals surface area contributed by atoms with Crippen LogP contribution in [0.5, 0.6) is 5.75 Å². The lowest BCUT2D eigenvalue weighted by molar-refractivity contribution is -0.132. The maximum Gasteiger partial charge on any atom is 0.238 e. The summed E-state index contributed by atoms with van der Waals surface area (Å²) in [6.45, 7) is 2.40. The quantitative estimate of drug-likeness (QED) is 0.317. The molecule has 0 radical (unpaired) electrons. The molecule has 4 nitrogen and oxygen atoms in total. The van der Waals surface area contributed by atoms with Gasteiger partial charge >= 0.3 is 0 Å². The van der Waals surface area contributed by atoms with Crippen molar-refractivity contribution in [1.82, 2.24) is 4.90 Å². The van der Waals surface area contributed by atoms with E-state index in [0.717, 1.165) is 41.9 Å². The number of nitrogens with one attached hydrogen (secondary N) is 1. The van der Waals surface area contributed by atoms with Crippen LogP contribution in [-0.2, 0) is 11.2 Å². The molecule has 1 N–H and O–H groups in total. The van der Waals surface area contributed by atoms with Crippen LogP contribution in [0.25, 0.3) is 5.57 Å². The second-order valence-electron chi connectivity index (χ2n) is 12.8. The first-order valence-corrected chi connectivity index (χ1v) is 15.2. The van der Waals surface area contributed by atoms with Crippen LogP contribution in [-0.4, -0.2) is 34.9 Å². The molecule has 4 bridgehead atoms. The fourth-order valence-corrected chi connectivity index (χ4v) is 9.29. The summed E-state index contributed by atoms with van der Waals surface area (Å²) in [7, 11) is 0. The number of fused-ring (bicyclic) bond motifs is 2. The summed E-state index contributed by atoms with van der Waals surface area (Å²) in [6.07, 6.45) is 15.3. The Morgan fingerprint density at radius 2 is 1.79 bits per heavy atom. The highest BCUT2D eigenvalue weighted by Gasteiger charge is 2.51. The third-order valence-electron chi connectivity index (χ3n) is 10.2. The second-order valence-corrected chi connectivity index (χ2v) is 13.1. The first-order valence-electron chi connectivity index (χ1n) is 14.6. The molecule has 5 aliphatic carbocycles. The van der Waals surface area contributed by atoms with Crippen LogP contribution in [0.2, 0.25) is 0 Å². The van der Waals surface area contributed by atoms with Gasteiger partial charge in [-0.1, -0.05) is 24.1 Å². The third-order valence-corrected chi connectivity index (χ3v) is 10.4. The molecule has 4 fully saturated rings. The van der Waals surface area contributed by atoms with Crippen LogP contribution in [0.1, 0.15) is 74.6 Å². The summed E-state index contributed by atoms with van der Waals surface area (Å²) >= 11 is 6.15. The van der Waals surface area contributed by atoms with E-state index in [1.807, 2.05) is 11.0 Å². The Morgan fingerprint density at radius 3 is 2.44 bits per heavy atom. The van der Waals surface area contributed by atoms with Crippen molar-refractivity contribution in [3.05, 3.63) is 64.7 Å². The van der Waals surface area contributed by atoms with Gasteiger partial charge in [-0.15, -0.1) is 18.0 Å². The molecule has 6 aliphatic rings. The predicted molar refractivity (Wildman–Crippen MR) is 157 cm³/mol. The van der Waals surface area contributed by atoms with Crippen molar-refractivity contribution >= 4 is 28.8 Å². The molecule has 0 spiro atoms. The zero-order valence-electron chi connectivity index (χ0n) is 22.7. The maximum absolute atomic E-state index is 13.2. The van der Waals surface area contributed by atoms with Crippen LogP contribution >= 0.6 is 11.6 Å². The third kappa shape index (κ3) is 4.34. The molecule has 8 rings (SSSR count). The minimum absolute atomic E-state index is 0.00780. The largest absolute Gasteiger partial charge is 0.481 e. The van der Waals surface area contributed by atoms with Gasteiger partial charge in [-0.2, -0.15) is 0 Å². The summed E-state index contributed by atoms with van der Waals surface area (Å²) in [4.78, 5) is 15.2. The van der Waals surface area contributed by atoms with Gasteiger partial charge in [-0.05, 0) is 128 Å².